The average Bonchev–Trinajstić information content (AvgIpc) is 2.41. The second kappa shape index (κ2) is 6.14. The van der Waals surface area contributed by atoms with Gasteiger partial charge in [-0.2, -0.15) is 0 Å². The van der Waals surface area contributed by atoms with E-state index < -0.39 is 0 Å². The molecular formula is C15H22BrN3O. The van der Waals surface area contributed by atoms with E-state index in [1.54, 1.807) is 0 Å². The van der Waals surface area contributed by atoms with Crippen molar-refractivity contribution in [1.82, 2.24) is 9.80 Å². The maximum atomic E-state index is 12.7. The Morgan fingerprint density at radius 3 is 2.85 bits per heavy atom. The van der Waals surface area contributed by atoms with Crippen molar-refractivity contribution in [2.45, 2.75) is 25.8 Å². The van der Waals surface area contributed by atoms with Crippen LogP contribution in [0.15, 0.2) is 16.6 Å². The smallest absolute Gasteiger partial charge is 0.254 e. The van der Waals surface area contributed by atoms with Crippen LogP contribution in [-0.4, -0.2) is 48.9 Å². The number of nitrogen functional groups attached to an aromatic ring is 1. The second-order valence-electron chi connectivity index (χ2n) is 5.64. The van der Waals surface area contributed by atoms with Gasteiger partial charge in [0.25, 0.3) is 5.91 Å². The molecule has 1 unspecified atom stereocenters. The third-order valence-corrected chi connectivity index (χ3v) is 4.57. The Morgan fingerprint density at radius 1 is 1.50 bits per heavy atom. The zero-order valence-electron chi connectivity index (χ0n) is 12.3. The van der Waals surface area contributed by atoms with E-state index in [1.165, 1.54) is 0 Å². The van der Waals surface area contributed by atoms with Crippen LogP contribution in [0.2, 0.25) is 0 Å². The number of carbonyl (C=O) groups excluding carboxylic acids is 1. The molecule has 2 N–H and O–H groups in total. The fourth-order valence-electron chi connectivity index (χ4n) is 2.73. The Morgan fingerprint density at radius 2 is 2.20 bits per heavy atom. The molecule has 1 aliphatic rings. The molecule has 1 aliphatic heterocycles. The molecule has 0 saturated carbocycles. The number of amides is 1. The van der Waals surface area contributed by atoms with Gasteiger partial charge in [0.05, 0.1) is 0 Å². The summed E-state index contributed by atoms with van der Waals surface area (Å²) in [5.74, 6) is 0.0517. The number of likely N-dealkylation sites (N-methyl/N-ethyl adjacent to an activating group) is 2. The lowest BCUT2D eigenvalue weighted by Crippen LogP contribution is -2.47. The number of hydrogen-bond acceptors (Lipinski definition) is 3. The van der Waals surface area contributed by atoms with Crippen LogP contribution < -0.4 is 5.73 Å². The molecule has 0 spiro atoms. The number of likely N-dealkylation sites (tertiary alicyclic amines) is 1. The first-order valence-electron chi connectivity index (χ1n) is 6.91. The predicted octanol–water partition coefficient (Wildman–Crippen LogP) is 2.51. The summed E-state index contributed by atoms with van der Waals surface area (Å²) in [6.45, 7) is 3.95. The molecule has 1 aromatic carbocycles. The van der Waals surface area contributed by atoms with Gasteiger partial charge >= 0.3 is 0 Å². The Hall–Kier alpha value is -1.07. The highest BCUT2D eigenvalue weighted by atomic mass is 79.9. The average molecular weight is 340 g/mol. The number of rotatable bonds is 2. The first-order valence-corrected chi connectivity index (χ1v) is 7.70. The van der Waals surface area contributed by atoms with Gasteiger partial charge in [0.2, 0.25) is 0 Å². The van der Waals surface area contributed by atoms with Gasteiger partial charge in [-0.3, -0.25) is 4.79 Å². The summed E-state index contributed by atoms with van der Waals surface area (Å²) in [5, 5.41) is 0. The molecule has 0 radical (unpaired) electrons. The van der Waals surface area contributed by atoms with Crippen molar-refractivity contribution in [2.24, 2.45) is 0 Å². The summed E-state index contributed by atoms with van der Waals surface area (Å²) in [5.41, 5.74) is 8.14. The van der Waals surface area contributed by atoms with E-state index in [1.807, 2.05) is 31.0 Å². The number of hydrogen-bond donors (Lipinski definition) is 1. The SMILES string of the molecule is Cc1c(N)cc(Br)cc1C(=O)N(C)C1CCCN(C)C1. The summed E-state index contributed by atoms with van der Waals surface area (Å²) in [6, 6.07) is 3.97. The molecule has 1 aromatic rings. The fraction of sp³-hybridized carbons (Fsp3) is 0.533. The molecule has 110 valence electrons. The first-order chi connectivity index (χ1) is 9.40. The maximum Gasteiger partial charge on any atom is 0.254 e. The van der Waals surface area contributed by atoms with Crippen LogP contribution in [0.5, 0.6) is 0 Å². The lowest BCUT2D eigenvalue weighted by atomic mass is 10.0. The summed E-state index contributed by atoms with van der Waals surface area (Å²) in [4.78, 5) is 16.8. The van der Waals surface area contributed by atoms with Crippen LogP contribution in [-0.2, 0) is 0 Å². The summed E-state index contributed by atoms with van der Waals surface area (Å²) in [7, 11) is 4.00. The number of anilines is 1. The topological polar surface area (TPSA) is 49.6 Å². The minimum absolute atomic E-state index is 0.0517. The number of nitrogens with zero attached hydrogens (tertiary/aromatic N) is 2. The monoisotopic (exact) mass is 339 g/mol. The molecule has 0 bridgehead atoms. The van der Waals surface area contributed by atoms with Crippen molar-refractivity contribution in [1.29, 1.82) is 0 Å². The van der Waals surface area contributed by atoms with E-state index in [9.17, 15) is 4.79 Å². The van der Waals surface area contributed by atoms with Gasteiger partial charge < -0.3 is 15.5 Å². The van der Waals surface area contributed by atoms with Crippen LogP contribution in [0.25, 0.3) is 0 Å². The van der Waals surface area contributed by atoms with Gasteiger partial charge in [-0.05, 0) is 51.1 Å². The van der Waals surface area contributed by atoms with Gasteiger partial charge in [0.1, 0.15) is 0 Å². The molecule has 1 fully saturated rings. The van der Waals surface area contributed by atoms with Gasteiger partial charge in [0, 0.05) is 35.4 Å². The van der Waals surface area contributed by atoms with Crippen molar-refractivity contribution in [3.63, 3.8) is 0 Å². The molecule has 5 heteroatoms. The number of halogens is 1. The zero-order valence-corrected chi connectivity index (χ0v) is 13.9. The standard InChI is InChI=1S/C15H22BrN3O/c1-10-13(7-11(16)8-14(10)17)15(20)19(3)12-5-4-6-18(2)9-12/h7-8,12H,4-6,9,17H2,1-3H3. The van der Waals surface area contributed by atoms with Crippen molar-refractivity contribution < 1.29 is 4.79 Å². The van der Waals surface area contributed by atoms with E-state index >= 15 is 0 Å². The minimum atomic E-state index is 0.0517. The highest BCUT2D eigenvalue weighted by molar-refractivity contribution is 9.10. The third-order valence-electron chi connectivity index (χ3n) is 4.11. The van der Waals surface area contributed by atoms with Crippen LogP contribution >= 0.6 is 15.9 Å². The van der Waals surface area contributed by atoms with E-state index in [4.69, 9.17) is 5.73 Å². The molecule has 1 heterocycles. The Kier molecular flexibility index (Phi) is 4.70. The Labute approximate surface area is 129 Å². The van der Waals surface area contributed by atoms with Crippen LogP contribution in [0, 0.1) is 6.92 Å². The largest absolute Gasteiger partial charge is 0.398 e. The summed E-state index contributed by atoms with van der Waals surface area (Å²) in [6.07, 6.45) is 2.20. The molecule has 4 nitrogen and oxygen atoms in total. The number of carbonyl (C=O) groups is 1. The summed E-state index contributed by atoms with van der Waals surface area (Å²) < 4.78 is 0.845. The lowest BCUT2D eigenvalue weighted by Gasteiger charge is -2.36. The van der Waals surface area contributed by atoms with Crippen LogP contribution in [0.3, 0.4) is 0 Å². The molecular weight excluding hydrogens is 318 g/mol. The van der Waals surface area contributed by atoms with E-state index in [2.05, 4.69) is 27.9 Å². The fourth-order valence-corrected chi connectivity index (χ4v) is 3.21. The van der Waals surface area contributed by atoms with E-state index in [0.717, 1.165) is 36.0 Å². The third kappa shape index (κ3) is 3.15. The molecule has 0 aliphatic carbocycles. The number of benzene rings is 1. The van der Waals surface area contributed by atoms with Crippen molar-refractivity contribution in [3.05, 3.63) is 27.7 Å². The van der Waals surface area contributed by atoms with E-state index in [-0.39, 0.29) is 11.9 Å². The Bertz CT molecular complexity index is 518. The lowest BCUT2D eigenvalue weighted by molar-refractivity contribution is 0.0643. The van der Waals surface area contributed by atoms with Crippen LogP contribution in [0.4, 0.5) is 5.69 Å². The van der Waals surface area contributed by atoms with Gasteiger partial charge in [-0.1, -0.05) is 15.9 Å². The molecule has 1 amide bonds. The van der Waals surface area contributed by atoms with Crippen molar-refractivity contribution in [2.75, 3.05) is 32.9 Å². The van der Waals surface area contributed by atoms with Gasteiger partial charge in [-0.15, -0.1) is 0 Å². The number of nitrogens with two attached hydrogens (primary N) is 1. The van der Waals surface area contributed by atoms with E-state index in [0.29, 0.717) is 11.3 Å². The van der Waals surface area contributed by atoms with Gasteiger partial charge in [-0.25, -0.2) is 0 Å². The van der Waals surface area contributed by atoms with Gasteiger partial charge in [0.15, 0.2) is 0 Å². The molecule has 1 atom stereocenters. The zero-order chi connectivity index (χ0) is 14.9. The maximum absolute atomic E-state index is 12.7. The molecule has 20 heavy (non-hydrogen) atoms. The Balaban J connectivity index is 2.22. The minimum Gasteiger partial charge on any atom is -0.398 e. The van der Waals surface area contributed by atoms with Crippen LogP contribution in [0.1, 0.15) is 28.8 Å². The van der Waals surface area contributed by atoms with Crippen molar-refractivity contribution >= 4 is 27.5 Å². The quantitative estimate of drug-likeness (QED) is 0.842. The molecule has 0 aromatic heterocycles. The molecule has 1 saturated heterocycles. The second-order valence-corrected chi connectivity index (χ2v) is 6.56. The van der Waals surface area contributed by atoms with Crippen molar-refractivity contribution in [3.8, 4) is 0 Å². The first kappa shape index (κ1) is 15.3. The molecule has 2 rings (SSSR count). The number of piperidine rings is 1. The predicted molar refractivity (Wildman–Crippen MR) is 85.9 cm³/mol. The highest BCUT2D eigenvalue weighted by Crippen LogP contribution is 2.25. The normalized spacial score (nSPS) is 19.9. The summed E-state index contributed by atoms with van der Waals surface area (Å²) >= 11 is 3.41. The highest BCUT2D eigenvalue weighted by Gasteiger charge is 2.26.